The first-order valence-electron chi connectivity index (χ1n) is 5.16. The molecule has 3 N–H and O–H groups in total. The van der Waals surface area contributed by atoms with Crippen molar-refractivity contribution in [1.82, 2.24) is 4.57 Å². The lowest BCUT2D eigenvalue weighted by Gasteiger charge is -2.08. The van der Waals surface area contributed by atoms with Crippen LogP contribution in [0.25, 0.3) is 0 Å². The Hall–Kier alpha value is -2.01. The van der Waals surface area contributed by atoms with Gasteiger partial charge in [-0.05, 0) is 18.2 Å². The van der Waals surface area contributed by atoms with Gasteiger partial charge in [0.25, 0.3) is 5.91 Å². The minimum Gasteiger partial charge on any atom is -0.397 e. The van der Waals surface area contributed by atoms with Crippen LogP contribution in [0.2, 0.25) is 5.02 Å². The summed E-state index contributed by atoms with van der Waals surface area (Å²) in [5.41, 5.74) is 6.32. The molecule has 1 aromatic heterocycles. The number of carbonyl (C=O) groups is 1. The van der Waals surface area contributed by atoms with E-state index in [1.165, 1.54) is 24.3 Å². The highest BCUT2D eigenvalue weighted by Gasteiger charge is 2.15. The molecular weight excluding hydrogens is 257 g/mol. The van der Waals surface area contributed by atoms with E-state index in [1.807, 2.05) is 0 Å². The molecule has 2 aromatic rings. The fraction of sp³-hybridized carbons (Fsp3) is 0.0833. The molecule has 2 rings (SSSR count). The number of hydrogen-bond donors (Lipinski definition) is 2. The summed E-state index contributed by atoms with van der Waals surface area (Å²) in [5, 5.41) is 2.57. The number of carbonyl (C=O) groups excluding carboxylic acids is 1. The summed E-state index contributed by atoms with van der Waals surface area (Å²) in [5.74, 6) is -1.06. The van der Waals surface area contributed by atoms with Crippen LogP contribution in [0.5, 0.6) is 0 Å². The zero-order valence-electron chi connectivity index (χ0n) is 9.58. The van der Waals surface area contributed by atoms with Gasteiger partial charge < -0.3 is 15.6 Å². The van der Waals surface area contributed by atoms with Crippen molar-refractivity contribution in [3.05, 3.63) is 47.0 Å². The summed E-state index contributed by atoms with van der Waals surface area (Å²) in [4.78, 5) is 11.9. The van der Waals surface area contributed by atoms with Gasteiger partial charge in [-0.25, -0.2) is 4.39 Å². The van der Waals surface area contributed by atoms with Gasteiger partial charge in [-0.3, -0.25) is 4.79 Å². The van der Waals surface area contributed by atoms with E-state index < -0.39 is 11.7 Å². The Morgan fingerprint density at radius 2 is 2.22 bits per heavy atom. The molecule has 1 amide bonds. The number of aryl methyl sites for hydroxylation is 1. The second-order valence-electron chi connectivity index (χ2n) is 3.82. The summed E-state index contributed by atoms with van der Waals surface area (Å²) in [6.45, 7) is 0. The van der Waals surface area contributed by atoms with Crippen LogP contribution in [-0.4, -0.2) is 10.5 Å². The Labute approximate surface area is 108 Å². The van der Waals surface area contributed by atoms with Crippen LogP contribution >= 0.6 is 11.6 Å². The molecule has 0 spiro atoms. The summed E-state index contributed by atoms with van der Waals surface area (Å²) in [7, 11) is 1.67. The molecule has 0 radical (unpaired) electrons. The highest BCUT2D eigenvalue weighted by molar-refractivity contribution is 6.33. The quantitative estimate of drug-likeness (QED) is 0.879. The van der Waals surface area contributed by atoms with E-state index in [1.54, 1.807) is 17.8 Å². The standard InChI is InChI=1S/C12H11ClFN3O/c1-17-6-7(15)5-10(17)12(18)16-11-8(13)3-2-4-9(11)14/h2-6H,15H2,1H3,(H,16,18). The van der Waals surface area contributed by atoms with Crippen LogP contribution in [0.1, 0.15) is 10.5 Å². The van der Waals surface area contributed by atoms with Crippen molar-refractivity contribution in [1.29, 1.82) is 0 Å². The van der Waals surface area contributed by atoms with E-state index in [2.05, 4.69) is 5.32 Å². The number of anilines is 2. The number of para-hydroxylation sites is 1. The Kier molecular flexibility index (Phi) is 3.25. The van der Waals surface area contributed by atoms with Crippen molar-refractivity contribution in [2.24, 2.45) is 7.05 Å². The molecule has 0 saturated heterocycles. The Bertz CT molecular complexity index is 589. The maximum atomic E-state index is 13.5. The van der Waals surface area contributed by atoms with Crippen molar-refractivity contribution in [3.63, 3.8) is 0 Å². The molecule has 0 aliphatic carbocycles. The van der Waals surface area contributed by atoms with Crippen LogP contribution in [-0.2, 0) is 7.05 Å². The topological polar surface area (TPSA) is 60.0 Å². The summed E-state index contributed by atoms with van der Waals surface area (Å²) >= 11 is 5.82. The largest absolute Gasteiger partial charge is 0.397 e. The molecule has 0 fully saturated rings. The summed E-state index contributed by atoms with van der Waals surface area (Å²) in [6, 6.07) is 5.69. The number of nitrogens with zero attached hydrogens (tertiary/aromatic N) is 1. The molecule has 18 heavy (non-hydrogen) atoms. The van der Waals surface area contributed by atoms with Crippen LogP contribution in [0.3, 0.4) is 0 Å². The predicted molar refractivity (Wildman–Crippen MR) is 69.2 cm³/mol. The highest BCUT2D eigenvalue weighted by Crippen LogP contribution is 2.25. The first-order valence-corrected chi connectivity index (χ1v) is 5.54. The molecule has 1 aromatic carbocycles. The third-order valence-electron chi connectivity index (χ3n) is 2.46. The van der Waals surface area contributed by atoms with Crippen LogP contribution in [0, 0.1) is 5.82 Å². The van der Waals surface area contributed by atoms with E-state index in [4.69, 9.17) is 17.3 Å². The van der Waals surface area contributed by atoms with Gasteiger partial charge in [-0.1, -0.05) is 17.7 Å². The molecule has 6 heteroatoms. The number of benzene rings is 1. The average molecular weight is 268 g/mol. The fourth-order valence-electron chi connectivity index (χ4n) is 1.61. The molecule has 0 aliphatic heterocycles. The SMILES string of the molecule is Cn1cc(N)cc1C(=O)Nc1c(F)cccc1Cl. The molecule has 0 bridgehead atoms. The van der Waals surface area contributed by atoms with E-state index in [0.717, 1.165) is 0 Å². The maximum absolute atomic E-state index is 13.5. The zero-order valence-corrected chi connectivity index (χ0v) is 10.3. The number of amides is 1. The second-order valence-corrected chi connectivity index (χ2v) is 4.23. The number of halogens is 2. The fourth-order valence-corrected chi connectivity index (χ4v) is 1.82. The van der Waals surface area contributed by atoms with E-state index in [9.17, 15) is 9.18 Å². The first kappa shape index (κ1) is 12.4. The molecule has 4 nitrogen and oxygen atoms in total. The third-order valence-corrected chi connectivity index (χ3v) is 2.77. The molecule has 94 valence electrons. The molecular formula is C12H11ClFN3O. The second kappa shape index (κ2) is 4.70. The Balaban J connectivity index is 2.30. The van der Waals surface area contributed by atoms with Gasteiger partial charge >= 0.3 is 0 Å². The summed E-state index contributed by atoms with van der Waals surface area (Å²) in [6.07, 6.45) is 1.60. The Morgan fingerprint density at radius 3 is 2.78 bits per heavy atom. The minimum absolute atomic E-state index is 0.0380. The molecule has 0 atom stereocenters. The minimum atomic E-state index is -0.585. The number of nitrogens with two attached hydrogens (primary N) is 1. The van der Waals surface area contributed by atoms with E-state index in [-0.39, 0.29) is 10.7 Å². The van der Waals surface area contributed by atoms with Crippen molar-refractivity contribution >= 4 is 28.9 Å². The smallest absolute Gasteiger partial charge is 0.272 e. The molecule has 0 saturated carbocycles. The number of rotatable bonds is 2. The number of nitrogens with one attached hydrogen (secondary N) is 1. The van der Waals surface area contributed by atoms with Crippen LogP contribution in [0.15, 0.2) is 30.5 Å². The molecule has 0 unspecified atom stereocenters. The van der Waals surface area contributed by atoms with Crippen molar-refractivity contribution in [2.45, 2.75) is 0 Å². The van der Waals surface area contributed by atoms with Gasteiger partial charge in [0.15, 0.2) is 0 Å². The van der Waals surface area contributed by atoms with E-state index in [0.29, 0.717) is 11.4 Å². The van der Waals surface area contributed by atoms with Crippen molar-refractivity contribution < 1.29 is 9.18 Å². The van der Waals surface area contributed by atoms with Crippen LogP contribution in [0.4, 0.5) is 15.8 Å². The lowest BCUT2D eigenvalue weighted by Crippen LogP contribution is -2.16. The number of nitrogen functional groups attached to an aromatic ring is 1. The van der Waals surface area contributed by atoms with Crippen LogP contribution < -0.4 is 11.1 Å². The average Bonchev–Trinajstić information content (AvgIpc) is 2.63. The van der Waals surface area contributed by atoms with Gasteiger partial charge in [-0.2, -0.15) is 0 Å². The lowest BCUT2D eigenvalue weighted by molar-refractivity contribution is 0.101. The maximum Gasteiger partial charge on any atom is 0.272 e. The summed E-state index contributed by atoms with van der Waals surface area (Å²) < 4.78 is 15.1. The molecule has 1 heterocycles. The predicted octanol–water partition coefficient (Wildman–Crippen LogP) is 2.65. The first-order chi connectivity index (χ1) is 8.49. The van der Waals surface area contributed by atoms with Gasteiger partial charge in [0, 0.05) is 13.2 Å². The van der Waals surface area contributed by atoms with Gasteiger partial charge in [0.05, 0.1) is 16.4 Å². The Morgan fingerprint density at radius 1 is 1.50 bits per heavy atom. The van der Waals surface area contributed by atoms with E-state index >= 15 is 0 Å². The van der Waals surface area contributed by atoms with Gasteiger partial charge in [0.1, 0.15) is 11.5 Å². The number of aromatic nitrogens is 1. The zero-order chi connectivity index (χ0) is 13.3. The number of hydrogen-bond acceptors (Lipinski definition) is 2. The normalized spacial score (nSPS) is 10.4. The third kappa shape index (κ3) is 2.31. The van der Waals surface area contributed by atoms with Crippen molar-refractivity contribution in [2.75, 3.05) is 11.1 Å². The highest BCUT2D eigenvalue weighted by atomic mass is 35.5. The van der Waals surface area contributed by atoms with Gasteiger partial charge in [-0.15, -0.1) is 0 Å². The molecule has 0 aliphatic rings. The monoisotopic (exact) mass is 267 g/mol. The van der Waals surface area contributed by atoms with Gasteiger partial charge in [0.2, 0.25) is 0 Å². The van der Waals surface area contributed by atoms with Crippen molar-refractivity contribution in [3.8, 4) is 0 Å². The lowest BCUT2D eigenvalue weighted by atomic mass is 10.3.